The number of rotatable bonds is 5. The van der Waals surface area contributed by atoms with E-state index in [0.717, 1.165) is 5.56 Å². The number of benzene rings is 1. The molecule has 4 saturated heterocycles. The number of hydrogen-bond donors (Lipinski definition) is 2. The summed E-state index contributed by atoms with van der Waals surface area (Å²) >= 11 is 0. The third-order valence-corrected chi connectivity index (χ3v) is 11.0. The molecule has 12 heteroatoms. The smallest absolute Gasteiger partial charge is 0.343 e. The number of hydrogen-bond acceptors (Lipinski definition) is 12. The van der Waals surface area contributed by atoms with Crippen LogP contribution in [0.3, 0.4) is 0 Å². The van der Waals surface area contributed by atoms with Gasteiger partial charge in [0.1, 0.15) is 12.2 Å². The minimum Gasteiger partial charge on any atom is -0.469 e. The Labute approximate surface area is 241 Å². The van der Waals surface area contributed by atoms with Gasteiger partial charge in [0.2, 0.25) is 11.9 Å². The third-order valence-electron chi connectivity index (χ3n) is 11.0. The molecule has 2 N–H and O–H groups in total. The summed E-state index contributed by atoms with van der Waals surface area (Å²) in [6.45, 7) is 7.31. The summed E-state index contributed by atoms with van der Waals surface area (Å²) < 4.78 is 34.8. The van der Waals surface area contributed by atoms with Crippen molar-refractivity contribution in [2.75, 3.05) is 7.11 Å². The van der Waals surface area contributed by atoms with Gasteiger partial charge in [-0.2, -0.15) is 0 Å². The van der Waals surface area contributed by atoms with E-state index in [2.05, 4.69) is 0 Å². The molecule has 12 nitrogen and oxygen atoms in total. The van der Waals surface area contributed by atoms with E-state index in [1.165, 1.54) is 14.0 Å². The fraction of sp³-hybridized carbons (Fsp3) is 0.667. The van der Waals surface area contributed by atoms with Crippen molar-refractivity contribution >= 4 is 23.9 Å². The molecule has 6 aliphatic rings. The fourth-order valence-electron chi connectivity index (χ4n) is 9.47. The first-order valence-electron chi connectivity index (χ1n) is 14.2. The summed E-state index contributed by atoms with van der Waals surface area (Å²) in [6.07, 6.45) is -6.39. The van der Waals surface area contributed by atoms with E-state index in [4.69, 9.17) is 28.4 Å². The molecule has 1 aromatic carbocycles. The zero-order chi connectivity index (χ0) is 30.2. The van der Waals surface area contributed by atoms with E-state index in [1.54, 1.807) is 24.3 Å². The fourth-order valence-corrected chi connectivity index (χ4v) is 9.47. The zero-order valence-electron chi connectivity index (χ0n) is 23.9. The van der Waals surface area contributed by atoms with Gasteiger partial charge in [-0.1, -0.05) is 45.0 Å². The second-order valence-corrected chi connectivity index (χ2v) is 13.5. The summed E-state index contributed by atoms with van der Waals surface area (Å²) in [5.74, 6) is -4.47. The Hall–Kier alpha value is -3.06. The quantitative estimate of drug-likeness (QED) is 0.365. The van der Waals surface area contributed by atoms with Gasteiger partial charge < -0.3 is 38.6 Å². The van der Waals surface area contributed by atoms with Gasteiger partial charge in [-0.05, 0) is 35.8 Å². The predicted octanol–water partition coefficient (Wildman–Crippen LogP) is 0.571. The van der Waals surface area contributed by atoms with E-state index >= 15 is 0 Å². The summed E-state index contributed by atoms with van der Waals surface area (Å²) in [5.41, 5.74) is -6.79. The van der Waals surface area contributed by atoms with Crippen molar-refractivity contribution in [3.8, 4) is 0 Å². The molecule has 4 heterocycles. The second kappa shape index (κ2) is 8.31. The molecule has 4 aliphatic heterocycles. The van der Waals surface area contributed by atoms with Crippen LogP contribution in [0.4, 0.5) is 0 Å². The Kier molecular flexibility index (Phi) is 5.49. The Balaban J connectivity index is 1.35. The molecular formula is C30H34O12. The van der Waals surface area contributed by atoms with Crippen molar-refractivity contribution in [3.05, 3.63) is 35.4 Å². The first-order valence-corrected chi connectivity index (χ1v) is 14.2. The standard InChI is InChI=1S/C30H34O12/c1-13-22(33)40-20-19(32)28-17-11-16(26(2,3)4)27(28)21(38-12-15-8-6-14(7-9-15)10-18(31)37-5)23(34)41-25(27)42-30(28,24(35)39-17)29(13,20)36/h6-9,13,16-17,19-21,25,32,36H,10-12H2,1-5H3/t13-,16+,17?,19+,20?,21+,25+,27?,28?,29-,30-/m1/s1. The molecule has 6 fully saturated rings. The zero-order valence-corrected chi connectivity index (χ0v) is 23.9. The van der Waals surface area contributed by atoms with Gasteiger partial charge in [-0.25, -0.2) is 9.59 Å². The molecule has 0 aromatic heterocycles. The van der Waals surface area contributed by atoms with E-state index in [0.29, 0.717) is 5.56 Å². The Morgan fingerprint density at radius 1 is 1.05 bits per heavy atom. The van der Waals surface area contributed by atoms with E-state index in [1.807, 2.05) is 20.8 Å². The molecule has 4 unspecified atom stereocenters. The average Bonchev–Trinajstić information content (AvgIpc) is 3.65. The molecule has 0 radical (unpaired) electrons. The Morgan fingerprint density at radius 2 is 1.71 bits per heavy atom. The monoisotopic (exact) mass is 586 g/mol. The average molecular weight is 587 g/mol. The number of esters is 4. The number of aliphatic hydroxyl groups excluding tert-OH is 1. The van der Waals surface area contributed by atoms with Gasteiger partial charge in [0.05, 0.1) is 36.9 Å². The van der Waals surface area contributed by atoms with Crippen LogP contribution in [0.25, 0.3) is 0 Å². The highest BCUT2D eigenvalue weighted by Crippen LogP contribution is 2.84. The van der Waals surface area contributed by atoms with Crippen molar-refractivity contribution in [3.63, 3.8) is 0 Å². The minimum absolute atomic E-state index is 0.0403. The van der Waals surface area contributed by atoms with Gasteiger partial charge in [-0.15, -0.1) is 0 Å². The third kappa shape index (κ3) is 2.74. The molecule has 42 heavy (non-hydrogen) atoms. The number of methoxy groups -OCH3 is 1. The second-order valence-electron chi connectivity index (χ2n) is 13.5. The van der Waals surface area contributed by atoms with Crippen molar-refractivity contribution in [2.45, 2.75) is 89.1 Å². The van der Waals surface area contributed by atoms with Crippen LogP contribution in [-0.4, -0.2) is 83.1 Å². The number of ether oxygens (including phenoxy) is 6. The van der Waals surface area contributed by atoms with E-state index in [9.17, 15) is 29.4 Å². The lowest BCUT2D eigenvalue weighted by atomic mass is 9.51. The predicted molar refractivity (Wildman–Crippen MR) is 137 cm³/mol. The summed E-state index contributed by atoms with van der Waals surface area (Å²) in [4.78, 5) is 51.9. The number of carbonyl (C=O) groups is 4. The first-order chi connectivity index (χ1) is 19.7. The van der Waals surface area contributed by atoms with Crippen LogP contribution < -0.4 is 0 Å². The van der Waals surface area contributed by atoms with Crippen LogP contribution in [0.5, 0.6) is 0 Å². The van der Waals surface area contributed by atoms with Crippen LogP contribution in [0.1, 0.15) is 45.2 Å². The lowest BCUT2D eigenvalue weighted by Gasteiger charge is -2.48. The van der Waals surface area contributed by atoms with Gasteiger partial charge in [0, 0.05) is 0 Å². The molecule has 226 valence electrons. The lowest BCUT2D eigenvalue weighted by molar-refractivity contribution is -0.240. The Morgan fingerprint density at radius 3 is 2.36 bits per heavy atom. The first kappa shape index (κ1) is 27.8. The highest BCUT2D eigenvalue weighted by molar-refractivity contribution is 5.94. The number of carbonyl (C=O) groups excluding carboxylic acids is 4. The largest absolute Gasteiger partial charge is 0.469 e. The SMILES string of the molecule is COC(=O)Cc1ccc(CO[C@H]2C(=O)O[C@H]3O[C@]45C(=O)OC6C[C@@H](C(C)(C)C)C32C64[C@@H](O)C2OC(=O)[C@@H](C)[C@@]25O)cc1. The van der Waals surface area contributed by atoms with E-state index < -0.39 is 87.9 Å². The molecule has 0 amide bonds. The van der Waals surface area contributed by atoms with Crippen LogP contribution in [-0.2, 0) is 60.6 Å². The summed E-state index contributed by atoms with van der Waals surface area (Å²) in [6, 6.07) is 7.04. The Bertz CT molecular complexity index is 1400. The number of aliphatic hydroxyl groups is 2. The topological polar surface area (TPSA) is 164 Å². The normalized spacial score (nSPS) is 46.1. The van der Waals surface area contributed by atoms with Crippen molar-refractivity contribution in [1.82, 2.24) is 0 Å². The highest BCUT2D eigenvalue weighted by atomic mass is 16.8. The van der Waals surface area contributed by atoms with Crippen LogP contribution in [0, 0.1) is 28.1 Å². The number of fused-ring (bicyclic) bond motifs is 1. The molecule has 1 aromatic rings. The molecular weight excluding hydrogens is 552 g/mol. The lowest BCUT2D eigenvalue weighted by Crippen LogP contribution is -2.67. The molecule has 11 atom stereocenters. The van der Waals surface area contributed by atoms with Gasteiger partial charge >= 0.3 is 23.9 Å². The molecule has 0 bridgehead atoms. The van der Waals surface area contributed by atoms with Gasteiger partial charge in [-0.3, -0.25) is 9.59 Å². The molecule has 2 aliphatic carbocycles. The van der Waals surface area contributed by atoms with Crippen LogP contribution in [0.2, 0.25) is 0 Å². The van der Waals surface area contributed by atoms with E-state index in [-0.39, 0.29) is 25.4 Å². The van der Waals surface area contributed by atoms with Crippen molar-refractivity contribution in [2.24, 2.45) is 28.1 Å². The maximum Gasteiger partial charge on any atom is 0.343 e. The summed E-state index contributed by atoms with van der Waals surface area (Å²) in [5, 5.41) is 24.4. The van der Waals surface area contributed by atoms with Gasteiger partial charge in [0.15, 0.2) is 17.8 Å². The molecule has 2 saturated carbocycles. The summed E-state index contributed by atoms with van der Waals surface area (Å²) in [7, 11) is 1.32. The maximum atomic E-state index is 13.9. The highest BCUT2D eigenvalue weighted by Gasteiger charge is 3.04. The van der Waals surface area contributed by atoms with Crippen LogP contribution >= 0.6 is 0 Å². The van der Waals surface area contributed by atoms with Crippen molar-refractivity contribution in [1.29, 1.82) is 0 Å². The van der Waals surface area contributed by atoms with Gasteiger partial charge in [0.25, 0.3) is 0 Å². The minimum atomic E-state index is -2.27. The maximum absolute atomic E-state index is 13.9. The molecule has 2 spiro atoms. The van der Waals surface area contributed by atoms with Crippen molar-refractivity contribution < 1.29 is 57.8 Å². The molecule has 7 rings (SSSR count). The van der Waals surface area contributed by atoms with Crippen LogP contribution in [0.15, 0.2) is 24.3 Å².